The van der Waals surface area contributed by atoms with E-state index < -0.39 is 9.83 Å². The number of nitrogens with zero attached hydrogens (tertiary/aromatic N) is 3. The Morgan fingerprint density at radius 3 is 2.21 bits per heavy atom. The van der Waals surface area contributed by atoms with Gasteiger partial charge in [-0.1, -0.05) is 83.3 Å². The average Bonchev–Trinajstić information content (AvgIpc) is 2.71. The molecule has 0 aliphatic heterocycles. The monoisotopic (exact) mass is 444 g/mol. The van der Waals surface area contributed by atoms with Crippen molar-refractivity contribution in [2.24, 2.45) is 0 Å². The van der Waals surface area contributed by atoms with Gasteiger partial charge in [-0.05, 0) is 23.8 Å². The van der Waals surface area contributed by atoms with Gasteiger partial charge in [0.2, 0.25) is 9.74 Å². The Hall–Kier alpha value is -2.60. The lowest BCUT2D eigenvalue weighted by Crippen LogP contribution is -2.33. The molecule has 0 saturated heterocycles. The van der Waals surface area contributed by atoms with E-state index in [0.717, 1.165) is 5.69 Å². The number of hydrogen-bond donors (Lipinski definition) is 1. The van der Waals surface area contributed by atoms with E-state index in [-0.39, 0.29) is 5.56 Å². The molecule has 1 atom stereocenters. The van der Waals surface area contributed by atoms with E-state index in [2.05, 4.69) is 15.3 Å². The van der Waals surface area contributed by atoms with Crippen molar-refractivity contribution in [1.29, 1.82) is 0 Å². The molecule has 1 N–H and O–H groups in total. The van der Waals surface area contributed by atoms with E-state index in [1.165, 1.54) is 10.6 Å². The first-order chi connectivity index (χ1) is 13.9. The number of fused-ring (bicyclic) bond motifs is 1. The Labute approximate surface area is 181 Å². The van der Waals surface area contributed by atoms with Crippen LogP contribution >= 0.6 is 34.8 Å². The summed E-state index contributed by atoms with van der Waals surface area (Å²) < 4.78 is -0.382. The molecule has 0 aliphatic carbocycles. The molecule has 1 unspecified atom stereocenters. The molecule has 4 rings (SSSR count). The topological polar surface area (TPSA) is 59.8 Å². The predicted octanol–water partition coefficient (Wildman–Crippen LogP) is 5.49. The van der Waals surface area contributed by atoms with Gasteiger partial charge in [0.25, 0.3) is 5.56 Å². The largest absolute Gasteiger partial charge is 0.324 e. The molecule has 0 aliphatic rings. The van der Waals surface area contributed by atoms with Gasteiger partial charge in [0.15, 0.2) is 0 Å². The third-order valence-electron chi connectivity index (χ3n) is 4.38. The van der Waals surface area contributed by atoms with Crippen LogP contribution in [0, 0.1) is 0 Å². The highest BCUT2D eigenvalue weighted by atomic mass is 35.6. The number of rotatable bonds is 4. The van der Waals surface area contributed by atoms with E-state index in [1.807, 2.05) is 60.7 Å². The van der Waals surface area contributed by atoms with Crippen molar-refractivity contribution in [2.75, 3.05) is 5.32 Å². The first-order valence-corrected chi connectivity index (χ1v) is 9.89. The third kappa shape index (κ3) is 4.22. The van der Waals surface area contributed by atoms with E-state index >= 15 is 0 Å². The highest BCUT2D eigenvalue weighted by Gasteiger charge is 2.37. The minimum Gasteiger partial charge on any atom is -0.324 e. The molecule has 5 nitrogen and oxygen atoms in total. The van der Waals surface area contributed by atoms with Crippen LogP contribution in [-0.4, -0.2) is 18.3 Å². The predicted molar refractivity (Wildman–Crippen MR) is 118 cm³/mol. The number of halogens is 3. The standard InChI is InChI=1S/C21H15Cl3N4O/c22-21(23,24)18(14-7-3-1-4-8-14)28-17(29)12-11-15-13-25-20(27-19(15)28)26-16-9-5-2-6-10-16/h1-13,18H,(H,25,26,27). The number of alkyl halides is 3. The van der Waals surface area contributed by atoms with Crippen LogP contribution in [0.3, 0.4) is 0 Å². The van der Waals surface area contributed by atoms with Gasteiger partial charge in [-0.2, -0.15) is 4.98 Å². The second-order valence-electron chi connectivity index (χ2n) is 6.36. The normalized spacial score (nSPS) is 12.7. The van der Waals surface area contributed by atoms with Gasteiger partial charge in [-0.15, -0.1) is 0 Å². The van der Waals surface area contributed by atoms with E-state index in [9.17, 15) is 4.79 Å². The minimum absolute atomic E-state index is 0.331. The number of benzene rings is 2. The lowest BCUT2D eigenvalue weighted by molar-refractivity contribution is 0.591. The Morgan fingerprint density at radius 2 is 1.55 bits per heavy atom. The molecular weight excluding hydrogens is 431 g/mol. The lowest BCUT2D eigenvalue weighted by atomic mass is 10.1. The van der Waals surface area contributed by atoms with Crippen molar-refractivity contribution in [3.05, 3.63) is 94.9 Å². The molecule has 0 spiro atoms. The SMILES string of the molecule is O=c1ccc2cnc(Nc3ccccc3)nc2n1C(c1ccccc1)C(Cl)(Cl)Cl. The van der Waals surface area contributed by atoms with Crippen molar-refractivity contribution in [3.63, 3.8) is 0 Å². The smallest absolute Gasteiger partial charge is 0.252 e. The zero-order chi connectivity index (χ0) is 20.4. The van der Waals surface area contributed by atoms with Crippen LogP contribution in [0.1, 0.15) is 11.6 Å². The number of anilines is 2. The molecular formula is C21H15Cl3N4O. The average molecular weight is 446 g/mol. The third-order valence-corrected chi connectivity index (χ3v) is 5.00. The van der Waals surface area contributed by atoms with Crippen LogP contribution in [0.5, 0.6) is 0 Å². The Balaban J connectivity index is 1.91. The maximum absolute atomic E-state index is 12.9. The van der Waals surface area contributed by atoms with Gasteiger partial charge in [0, 0.05) is 23.3 Å². The summed E-state index contributed by atoms with van der Waals surface area (Å²) in [4.78, 5) is 21.8. The van der Waals surface area contributed by atoms with Crippen molar-refractivity contribution >= 4 is 57.5 Å². The van der Waals surface area contributed by atoms with Crippen LogP contribution in [0.2, 0.25) is 0 Å². The molecule has 2 aromatic carbocycles. The molecule has 29 heavy (non-hydrogen) atoms. The fourth-order valence-corrected chi connectivity index (χ4v) is 3.79. The molecule has 0 radical (unpaired) electrons. The van der Waals surface area contributed by atoms with Gasteiger partial charge in [0.05, 0.1) is 0 Å². The van der Waals surface area contributed by atoms with Crippen LogP contribution in [0.25, 0.3) is 11.0 Å². The highest BCUT2D eigenvalue weighted by Crippen LogP contribution is 2.42. The maximum Gasteiger partial charge on any atom is 0.252 e. The summed E-state index contributed by atoms with van der Waals surface area (Å²) in [6.45, 7) is 0. The summed E-state index contributed by atoms with van der Waals surface area (Å²) in [6, 6.07) is 20.8. The van der Waals surface area contributed by atoms with Gasteiger partial charge in [-0.25, -0.2) is 4.98 Å². The van der Waals surface area contributed by atoms with Crippen LogP contribution in [-0.2, 0) is 0 Å². The molecule has 2 aromatic heterocycles. The summed E-state index contributed by atoms with van der Waals surface area (Å²) in [5, 5.41) is 3.77. The molecule has 0 amide bonds. The summed E-state index contributed by atoms with van der Waals surface area (Å²) in [6.07, 6.45) is 1.63. The molecule has 146 valence electrons. The van der Waals surface area contributed by atoms with Gasteiger partial charge < -0.3 is 5.32 Å². The number of hydrogen-bond acceptors (Lipinski definition) is 4. The number of para-hydroxylation sites is 1. The summed E-state index contributed by atoms with van der Waals surface area (Å²) in [5.41, 5.74) is 1.53. The minimum atomic E-state index is -1.78. The second kappa shape index (κ2) is 8.03. The van der Waals surface area contributed by atoms with E-state index in [0.29, 0.717) is 22.5 Å². The zero-order valence-corrected chi connectivity index (χ0v) is 17.2. The van der Waals surface area contributed by atoms with Crippen LogP contribution in [0.4, 0.5) is 11.6 Å². The first kappa shape index (κ1) is 19.7. The zero-order valence-electron chi connectivity index (χ0n) is 15.0. The fourth-order valence-electron chi connectivity index (χ4n) is 3.12. The molecule has 4 aromatic rings. The second-order valence-corrected chi connectivity index (χ2v) is 8.73. The number of nitrogens with one attached hydrogen (secondary N) is 1. The van der Waals surface area contributed by atoms with Crippen LogP contribution < -0.4 is 10.9 Å². The highest BCUT2D eigenvalue weighted by molar-refractivity contribution is 6.68. The summed E-state index contributed by atoms with van der Waals surface area (Å²) >= 11 is 19.0. The molecule has 0 bridgehead atoms. The molecule has 8 heteroatoms. The fraction of sp³-hybridized carbons (Fsp3) is 0.0952. The van der Waals surface area contributed by atoms with Crippen molar-refractivity contribution in [1.82, 2.24) is 14.5 Å². The van der Waals surface area contributed by atoms with Gasteiger partial charge in [-0.3, -0.25) is 9.36 Å². The summed E-state index contributed by atoms with van der Waals surface area (Å²) in [5.74, 6) is 0.333. The quantitative estimate of drug-likeness (QED) is 0.422. The summed E-state index contributed by atoms with van der Waals surface area (Å²) in [7, 11) is 0. The Morgan fingerprint density at radius 1 is 0.897 bits per heavy atom. The van der Waals surface area contributed by atoms with Gasteiger partial charge in [0.1, 0.15) is 11.7 Å². The van der Waals surface area contributed by atoms with E-state index in [4.69, 9.17) is 34.8 Å². The van der Waals surface area contributed by atoms with Crippen molar-refractivity contribution < 1.29 is 0 Å². The Bertz CT molecular complexity index is 1190. The van der Waals surface area contributed by atoms with E-state index in [1.54, 1.807) is 12.3 Å². The molecule has 2 heterocycles. The van der Waals surface area contributed by atoms with Gasteiger partial charge >= 0.3 is 0 Å². The van der Waals surface area contributed by atoms with Crippen molar-refractivity contribution in [2.45, 2.75) is 9.83 Å². The first-order valence-electron chi connectivity index (χ1n) is 8.75. The van der Waals surface area contributed by atoms with Crippen molar-refractivity contribution in [3.8, 4) is 0 Å². The molecule has 0 fully saturated rings. The number of aromatic nitrogens is 3. The maximum atomic E-state index is 12.9. The molecule has 0 saturated carbocycles. The van der Waals surface area contributed by atoms with Crippen LogP contribution in [0.15, 0.2) is 83.8 Å². The lowest BCUT2D eigenvalue weighted by Gasteiger charge is -2.27. The Kier molecular flexibility index (Phi) is 5.46. The number of pyridine rings is 1.